The summed E-state index contributed by atoms with van der Waals surface area (Å²) in [6, 6.07) is 12.0. The van der Waals surface area contributed by atoms with Gasteiger partial charge in [-0.15, -0.1) is 0 Å². The quantitative estimate of drug-likeness (QED) is 0.771. The molecule has 2 heterocycles. The Bertz CT molecular complexity index is 794. The standard InChI is InChI=1S/C22H30N4O2/c1-15(2)26-13-20(21(14-26)28-4)25-22(27)18-9-7-10-19(16(18)3)24-12-17-8-5-6-11-23-17/h5-11,15,20-21,24H,12-14H2,1-4H3,(H,25,27)/t20-,21-/m0/s1. The lowest BCUT2D eigenvalue weighted by molar-refractivity contribution is 0.0753. The minimum absolute atomic E-state index is 0.00978. The van der Waals surface area contributed by atoms with Gasteiger partial charge in [0.05, 0.1) is 24.4 Å². The first-order chi connectivity index (χ1) is 13.5. The largest absolute Gasteiger partial charge is 0.379 e. The molecule has 28 heavy (non-hydrogen) atoms. The third-order valence-corrected chi connectivity index (χ3v) is 5.41. The molecule has 1 aliphatic heterocycles. The smallest absolute Gasteiger partial charge is 0.251 e. The molecule has 1 amide bonds. The minimum atomic E-state index is -0.0587. The predicted molar refractivity (Wildman–Crippen MR) is 112 cm³/mol. The van der Waals surface area contributed by atoms with Gasteiger partial charge >= 0.3 is 0 Å². The highest BCUT2D eigenvalue weighted by Gasteiger charge is 2.35. The van der Waals surface area contributed by atoms with E-state index in [9.17, 15) is 4.79 Å². The van der Waals surface area contributed by atoms with E-state index in [1.807, 2.05) is 43.3 Å². The Labute approximate surface area is 167 Å². The van der Waals surface area contributed by atoms with Crippen molar-refractivity contribution in [2.24, 2.45) is 0 Å². The number of aromatic nitrogens is 1. The van der Waals surface area contributed by atoms with Crippen molar-refractivity contribution in [3.8, 4) is 0 Å². The topological polar surface area (TPSA) is 66.5 Å². The molecule has 2 aromatic rings. The van der Waals surface area contributed by atoms with Crippen molar-refractivity contribution in [2.45, 2.75) is 45.5 Å². The molecular weight excluding hydrogens is 352 g/mol. The van der Waals surface area contributed by atoms with Gasteiger partial charge in [0.1, 0.15) is 0 Å². The second-order valence-corrected chi connectivity index (χ2v) is 7.55. The SMILES string of the molecule is CO[C@H]1CN(C(C)C)C[C@@H]1NC(=O)c1cccc(NCc2ccccn2)c1C. The number of ether oxygens (including phenoxy) is 1. The number of hydrogen-bond acceptors (Lipinski definition) is 5. The summed E-state index contributed by atoms with van der Waals surface area (Å²) in [5, 5.41) is 6.56. The number of anilines is 1. The molecule has 6 heteroatoms. The van der Waals surface area contributed by atoms with E-state index in [0.29, 0.717) is 18.2 Å². The molecule has 1 aliphatic rings. The molecule has 1 fully saturated rings. The number of nitrogens with one attached hydrogen (secondary N) is 2. The maximum absolute atomic E-state index is 13.0. The number of likely N-dealkylation sites (tertiary alicyclic amines) is 1. The van der Waals surface area contributed by atoms with Crippen molar-refractivity contribution >= 4 is 11.6 Å². The Balaban J connectivity index is 1.68. The van der Waals surface area contributed by atoms with E-state index in [2.05, 4.69) is 34.4 Å². The Morgan fingerprint density at radius 2 is 2.07 bits per heavy atom. The maximum Gasteiger partial charge on any atom is 0.251 e. The molecule has 2 atom stereocenters. The van der Waals surface area contributed by atoms with E-state index < -0.39 is 0 Å². The van der Waals surface area contributed by atoms with Crippen molar-refractivity contribution in [3.63, 3.8) is 0 Å². The molecule has 0 radical (unpaired) electrons. The van der Waals surface area contributed by atoms with Crippen LogP contribution in [0.5, 0.6) is 0 Å². The van der Waals surface area contributed by atoms with Crippen molar-refractivity contribution in [1.29, 1.82) is 0 Å². The first kappa shape index (κ1) is 20.3. The zero-order valence-electron chi connectivity index (χ0n) is 17.1. The number of nitrogens with zero attached hydrogens (tertiary/aromatic N) is 2. The summed E-state index contributed by atoms with van der Waals surface area (Å²) in [5.74, 6) is -0.0587. The van der Waals surface area contributed by atoms with Crippen molar-refractivity contribution < 1.29 is 9.53 Å². The van der Waals surface area contributed by atoms with Crippen LogP contribution in [0.1, 0.15) is 35.5 Å². The number of rotatable bonds is 7. The number of carbonyl (C=O) groups is 1. The van der Waals surface area contributed by atoms with Gasteiger partial charge in [0.25, 0.3) is 5.91 Å². The molecule has 3 rings (SSSR count). The van der Waals surface area contributed by atoms with E-state index in [1.54, 1.807) is 13.3 Å². The van der Waals surface area contributed by atoms with Crippen molar-refractivity contribution in [3.05, 3.63) is 59.4 Å². The van der Waals surface area contributed by atoms with Crippen LogP contribution in [0.4, 0.5) is 5.69 Å². The number of methoxy groups -OCH3 is 1. The first-order valence-corrected chi connectivity index (χ1v) is 9.80. The zero-order valence-corrected chi connectivity index (χ0v) is 17.1. The fourth-order valence-electron chi connectivity index (χ4n) is 3.61. The summed E-state index contributed by atoms with van der Waals surface area (Å²) in [7, 11) is 1.71. The number of amides is 1. The van der Waals surface area contributed by atoms with E-state index in [0.717, 1.165) is 30.0 Å². The van der Waals surface area contributed by atoms with Crippen molar-refractivity contribution in [1.82, 2.24) is 15.2 Å². The summed E-state index contributed by atoms with van der Waals surface area (Å²) in [6.07, 6.45) is 1.79. The van der Waals surface area contributed by atoms with Crippen LogP contribution in [-0.2, 0) is 11.3 Å². The summed E-state index contributed by atoms with van der Waals surface area (Å²) < 4.78 is 5.61. The lowest BCUT2D eigenvalue weighted by Gasteiger charge is -2.20. The fourth-order valence-corrected chi connectivity index (χ4v) is 3.61. The van der Waals surface area contributed by atoms with Gasteiger partial charge in [-0.2, -0.15) is 0 Å². The second kappa shape index (κ2) is 9.17. The lowest BCUT2D eigenvalue weighted by Crippen LogP contribution is -2.44. The molecule has 0 unspecified atom stereocenters. The van der Waals surface area contributed by atoms with Crippen LogP contribution >= 0.6 is 0 Å². The second-order valence-electron chi connectivity index (χ2n) is 7.55. The molecule has 1 aromatic heterocycles. The third-order valence-electron chi connectivity index (χ3n) is 5.41. The number of pyridine rings is 1. The molecule has 2 N–H and O–H groups in total. The monoisotopic (exact) mass is 382 g/mol. The Morgan fingerprint density at radius 1 is 1.25 bits per heavy atom. The van der Waals surface area contributed by atoms with E-state index in [4.69, 9.17) is 4.74 Å². The third kappa shape index (κ3) is 4.69. The summed E-state index contributed by atoms with van der Waals surface area (Å²) in [5.41, 5.74) is 3.52. The van der Waals surface area contributed by atoms with Gasteiger partial charge in [0.2, 0.25) is 0 Å². The highest BCUT2D eigenvalue weighted by Crippen LogP contribution is 2.21. The fraction of sp³-hybridized carbons (Fsp3) is 0.455. The lowest BCUT2D eigenvalue weighted by atomic mass is 10.0. The molecule has 0 bridgehead atoms. The van der Waals surface area contributed by atoms with Crippen LogP contribution in [0.25, 0.3) is 0 Å². The molecule has 1 saturated heterocycles. The molecular formula is C22H30N4O2. The average molecular weight is 383 g/mol. The van der Waals surface area contributed by atoms with Gasteiger partial charge in [-0.05, 0) is 50.6 Å². The van der Waals surface area contributed by atoms with Crippen LogP contribution in [0.3, 0.4) is 0 Å². The number of carbonyl (C=O) groups excluding carboxylic acids is 1. The normalized spacial score (nSPS) is 19.8. The van der Waals surface area contributed by atoms with E-state index in [1.165, 1.54) is 0 Å². The van der Waals surface area contributed by atoms with Crippen LogP contribution in [-0.4, -0.2) is 54.2 Å². The van der Waals surface area contributed by atoms with Gasteiger partial charge in [-0.25, -0.2) is 0 Å². The van der Waals surface area contributed by atoms with Crippen LogP contribution in [0.15, 0.2) is 42.6 Å². The number of benzene rings is 1. The summed E-state index contributed by atoms with van der Waals surface area (Å²) in [4.78, 5) is 19.6. The molecule has 0 saturated carbocycles. The van der Waals surface area contributed by atoms with E-state index >= 15 is 0 Å². The molecule has 0 aliphatic carbocycles. The van der Waals surface area contributed by atoms with Crippen LogP contribution in [0.2, 0.25) is 0 Å². The van der Waals surface area contributed by atoms with Gasteiger partial charge < -0.3 is 15.4 Å². The first-order valence-electron chi connectivity index (χ1n) is 9.80. The van der Waals surface area contributed by atoms with E-state index in [-0.39, 0.29) is 18.1 Å². The van der Waals surface area contributed by atoms with Gasteiger partial charge in [0, 0.05) is 43.7 Å². The maximum atomic E-state index is 13.0. The van der Waals surface area contributed by atoms with Gasteiger partial charge in [-0.1, -0.05) is 12.1 Å². The van der Waals surface area contributed by atoms with Crippen molar-refractivity contribution in [2.75, 3.05) is 25.5 Å². The molecule has 1 aromatic carbocycles. The van der Waals surface area contributed by atoms with Crippen LogP contribution in [0, 0.1) is 6.92 Å². The molecule has 6 nitrogen and oxygen atoms in total. The predicted octanol–water partition coefficient (Wildman–Crippen LogP) is 2.84. The average Bonchev–Trinajstić information content (AvgIpc) is 3.11. The highest BCUT2D eigenvalue weighted by molar-refractivity contribution is 5.97. The Morgan fingerprint density at radius 3 is 2.75 bits per heavy atom. The van der Waals surface area contributed by atoms with Gasteiger partial charge in [-0.3, -0.25) is 14.7 Å². The summed E-state index contributed by atoms with van der Waals surface area (Å²) >= 11 is 0. The zero-order chi connectivity index (χ0) is 20.1. The van der Waals surface area contributed by atoms with Gasteiger partial charge in [0.15, 0.2) is 0 Å². The summed E-state index contributed by atoms with van der Waals surface area (Å²) in [6.45, 7) is 8.56. The molecule has 0 spiro atoms. The van der Waals surface area contributed by atoms with Crippen LogP contribution < -0.4 is 10.6 Å². The Hall–Kier alpha value is -2.44. The number of hydrogen-bond donors (Lipinski definition) is 2. The highest BCUT2D eigenvalue weighted by atomic mass is 16.5. The Kier molecular flexibility index (Phi) is 6.65. The molecule has 150 valence electrons. The minimum Gasteiger partial charge on any atom is -0.379 e.